The molecule has 1 unspecified atom stereocenters. The highest BCUT2D eigenvalue weighted by Crippen LogP contribution is 2.10. The molecule has 88 valence electrons. The molecule has 0 bridgehead atoms. The summed E-state index contributed by atoms with van der Waals surface area (Å²) in [5.41, 5.74) is 2.76. The Morgan fingerprint density at radius 2 is 1.93 bits per heavy atom. The Balaban J connectivity index is 2.35. The Morgan fingerprint density at radius 3 is 2.47 bits per heavy atom. The molecule has 1 amide bonds. The lowest BCUT2D eigenvalue weighted by atomic mass is 10.2. The molecular formula is C11H22N2O2. The molecular weight excluding hydrogens is 192 g/mol. The third-order valence-electron chi connectivity index (χ3n) is 2.69. The van der Waals surface area contributed by atoms with Crippen LogP contribution in [0.25, 0.3) is 0 Å². The molecule has 1 fully saturated rings. The van der Waals surface area contributed by atoms with Gasteiger partial charge in [0.05, 0.1) is 6.61 Å². The van der Waals surface area contributed by atoms with Crippen LogP contribution in [-0.2, 0) is 9.63 Å². The topological polar surface area (TPSA) is 41.6 Å². The Labute approximate surface area is 91.9 Å². The van der Waals surface area contributed by atoms with Gasteiger partial charge < -0.3 is 9.74 Å². The first kappa shape index (κ1) is 12.5. The molecule has 1 aliphatic rings. The molecule has 1 heterocycles. The molecule has 1 aliphatic heterocycles. The van der Waals surface area contributed by atoms with Crippen molar-refractivity contribution in [2.75, 3.05) is 19.7 Å². The van der Waals surface area contributed by atoms with E-state index < -0.39 is 0 Å². The van der Waals surface area contributed by atoms with Crippen molar-refractivity contribution in [2.24, 2.45) is 0 Å². The minimum absolute atomic E-state index is 0.158. The molecule has 0 aliphatic carbocycles. The summed E-state index contributed by atoms with van der Waals surface area (Å²) in [6.45, 7) is 6.13. The summed E-state index contributed by atoms with van der Waals surface area (Å²) >= 11 is 0. The number of nitrogens with zero attached hydrogens (tertiary/aromatic N) is 1. The van der Waals surface area contributed by atoms with Gasteiger partial charge >= 0.3 is 0 Å². The van der Waals surface area contributed by atoms with Crippen LogP contribution in [0.5, 0.6) is 0 Å². The van der Waals surface area contributed by atoms with Gasteiger partial charge in [-0.1, -0.05) is 12.8 Å². The van der Waals surface area contributed by atoms with Crippen LogP contribution in [0.15, 0.2) is 0 Å². The van der Waals surface area contributed by atoms with Gasteiger partial charge in [0.25, 0.3) is 0 Å². The third kappa shape index (κ3) is 4.18. The van der Waals surface area contributed by atoms with Gasteiger partial charge in [-0.3, -0.25) is 4.79 Å². The lowest BCUT2D eigenvalue weighted by molar-refractivity contribution is -0.137. The molecule has 0 radical (unpaired) electrons. The lowest BCUT2D eigenvalue weighted by Crippen LogP contribution is -2.45. The molecule has 15 heavy (non-hydrogen) atoms. The smallest absolute Gasteiger partial charge is 0.241 e. The summed E-state index contributed by atoms with van der Waals surface area (Å²) in [7, 11) is 0. The molecule has 4 nitrogen and oxygen atoms in total. The molecule has 1 N–H and O–H groups in total. The van der Waals surface area contributed by atoms with E-state index in [4.69, 9.17) is 4.84 Å². The predicted molar refractivity (Wildman–Crippen MR) is 59.3 cm³/mol. The molecule has 0 aromatic heterocycles. The normalized spacial score (nSPS) is 19.7. The first-order valence-corrected chi connectivity index (χ1v) is 5.91. The van der Waals surface area contributed by atoms with Gasteiger partial charge in [-0.15, -0.1) is 0 Å². The van der Waals surface area contributed by atoms with E-state index in [0.29, 0.717) is 6.61 Å². The maximum Gasteiger partial charge on any atom is 0.241 e. The lowest BCUT2D eigenvalue weighted by Gasteiger charge is -2.24. The molecule has 0 spiro atoms. The van der Waals surface area contributed by atoms with Crippen molar-refractivity contribution in [1.82, 2.24) is 10.4 Å². The van der Waals surface area contributed by atoms with Crippen LogP contribution in [-0.4, -0.2) is 36.5 Å². The number of likely N-dealkylation sites (tertiary alicyclic amines) is 1. The SMILES string of the molecule is CCONC(C)C(=O)N1CCCCCC1. The van der Waals surface area contributed by atoms with E-state index in [1.54, 1.807) is 0 Å². The Bertz CT molecular complexity index is 189. The zero-order chi connectivity index (χ0) is 11.1. The largest absolute Gasteiger partial charge is 0.341 e. The number of carbonyl (C=O) groups is 1. The molecule has 0 saturated carbocycles. The molecule has 1 rings (SSSR count). The van der Waals surface area contributed by atoms with Crippen molar-refractivity contribution in [3.8, 4) is 0 Å². The second-order valence-corrected chi connectivity index (χ2v) is 4.01. The van der Waals surface area contributed by atoms with E-state index in [-0.39, 0.29) is 11.9 Å². The summed E-state index contributed by atoms with van der Waals surface area (Å²) in [5, 5.41) is 0. The average Bonchev–Trinajstić information content (AvgIpc) is 2.53. The number of hydroxylamine groups is 1. The number of amides is 1. The van der Waals surface area contributed by atoms with E-state index in [0.717, 1.165) is 25.9 Å². The van der Waals surface area contributed by atoms with Gasteiger partial charge in [0.1, 0.15) is 6.04 Å². The quantitative estimate of drug-likeness (QED) is 0.718. The van der Waals surface area contributed by atoms with Gasteiger partial charge in [0.2, 0.25) is 5.91 Å². The minimum atomic E-state index is -0.233. The van der Waals surface area contributed by atoms with Gasteiger partial charge in [0, 0.05) is 13.1 Å². The van der Waals surface area contributed by atoms with Crippen molar-refractivity contribution in [2.45, 2.75) is 45.6 Å². The number of carbonyl (C=O) groups excluding carboxylic acids is 1. The zero-order valence-electron chi connectivity index (χ0n) is 9.79. The molecule has 0 aromatic carbocycles. The zero-order valence-corrected chi connectivity index (χ0v) is 9.79. The molecule has 1 atom stereocenters. The van der Waals surface area contributed by atoms with Crippen molar-refractivity contribution in [3.05, 3.63) is 0 Å². The Morgan fingerprint density at radius 1 is 1.33 bits per heavy atom. The fourth-order valence-electron chi connectivity index (χ4n) is 1.82. The maximum absolute atomic E-state index is 11.9. The second-order valence-electron chi connectivity index (χ2n) is 4.01. The van der Waals surface area contributed by atoms with Gasteiger partial charge in [0.15, 0.2) is 0 Å². The van der Waals surface area contributed by atoms with Crippen molar-refractivity contribution in [1.29, 1.82) is 0 Å². The van der Waals surface area contributed by atoms with Gasteiger partial charge in [-0.05, 0) is 26.7 Å². The fourth-order valence-corrected chi connectivity index (χ4v) is 1.82. The molecule has 1 saturated heterocycles. The van der Waals surface area contributed by atoms with Crippen molar-refractivity contribution < 1.29 is 9.63 Å². The van der Waals surface area contributed by atoms with Gasteiger partial charge in [-0.25, -0.2) is 0 Å². The van der Waals surface area contributed by atoms with Crippen LogP contribution in [0.2, 0.25) is 0 Å². The first-order valence-electron chi connectivity index (χ1n) is 5.91. The average molecular weight is 214 g/mol. The van der Waals surface area contributed by atoms with Crippen LogP contribution in [0.3, 0.4) is 0 Å². The predicted octanol–water partition coefficient (Wildman–Crippen LogP) is 1.32. The van der Waals surface area contributed by atoms with Crippen LogP contribution >= 0.6 is 0 Å². The summed E-state index contributed by atoms with van der Waals surface area (Å²) in [5.74, 6) is 0.158. The van der Waals surface area contributed by atoms with Crippen LogP contribution in [0.1, 0.15) is 39.5 Å². The van der Waals surface area contributed by atoms with Crippen LogP contribution < -0.4 is 5.48 Å². The Kier molecular flexibility index (Phi) is 5.65. The standard InChI is InChI=1S/C11H22N2O2/c1-3-15-12-10(2)11(14)13-8-6-4-5-7-9-13/h10,12H,3-9H2,1-2H3. The van der Waals surface area contributed by atoms with E-state index in [1.165, 1.54) is 12.8 Å². The number of hydrogen-bond donors (Lipinski definition) is 1. The summed E-state index contributed by atoms with van der Waals surface area (Å²) < 4.78 is 0. The number of nitrogens with one attached hydrogen (secondary N) is 1. The fraction of sp³-hybridized carbons (Fsp3) is 0.909. The van der Waals surface area contributed by atoms with E-state index in [1.807, 2.05) is 18.7 Å². The number of rotatable bonds is 4. The van der Waals surface area contributed by atoms with Crippen LogP contribution in [0.4, 0.5) is 0 Å². The van der Waals surface area contributed by atoms with Crippen molar-refractivity contribution >= 4 is 5.91 Å². The minimum Gasteiger partial charge on any atom is -0.341 e. The highest BCUT2D eigenvalue weighted by Gasteiger charge is 2.20. The van der Waals surface area contributed by atoms with E-state index >= 15 is 0 Å². The summed E-state index contributed by atoms with van der Waals surface area (Å²) in [6.07, 6.45) is 4.76. The Hall–Kier alpha value is -0.610. The van der Waals surface area contributed by atoms with Crippen molar-refractivity contribution in [3.63, 3.8) is 0 Å². The summed E-state index contributed by atoms with van der Waals surface area (Å²) in [6, 6.07) is -0.233. The summed E-state index contributed by atoms with van der Waals surface area (Å²) in [4.78, 5) is 18.9. The van der Waals surface area contributed by atoms with E-state index in [9.17, 15) is 4.79 Å². The maximum atomic E-state index is 11.9. The highest BCUT2D eigenvalue weighted by atomic mass is 16.6. The van der Waals surface area contributed by atoms with E-state index in [2.05, 4.69) is 5.48 Å². The third-order valence-corrected chi connectivity index (χ3v) is 2.69. The molecule has 4 heteroatoms. The second kappa shape index (κ2) is 6.80. The number of hydrogen-bond acceptors (Lipinski definition) is 3. The van der Waals surface area contributed by atoms with Crippen LogP contribution in [0, 0.1) is 0 Å². The molecule has 0 aromatic rings. The highest BCUT2D eigenvalue weighted by molar-refractivity contribution is 5.81. The van der Waals surface area contributed by atoms with Gasteiger partial charge in [-0.2, -0.15) is 5.48 Å². The monoisotopic (exact) mass is 214 g/mol. The first-order chi connectivity index (χ1) is 7.25.